The zero-order chi connectivity index (χ0) is 18.8. The maximum Gasteiger partial charge on any atom is 0.255 e. The Bertz CT molecular complexity index is 875. The van der Waals surface area contributed by atoms with Crippen molar-refractivity contribution in [3.8, 4) is 0 Å². The summed E-state index contributed by atoms with van der Waals surface area (Å²) in [5.74, 6) is 0.0534. The Hall–Kier alpha value is -3.09. The van der Waals surface area contributed by atoms with E-state index < -0.39 is 0 Å². The third kappa shape index (κ3) is 3.72. The van der Waals surface area contributed by atoms with Crippen molar-refractivity contribution in [3.05, 3.63) is 53.3 Å². The number of hydrogen-bond donors (Lipinski definition) is 2. The molecule has 2 aromatic rings. The summed E-state index contributed by atoms with van der Waals surface area (Å²) in [6.07, 6.45) is 4.89. The van der Waals surface area contributed by atoms with E-state index in [4.69, 9.17) is 0 Å². The number of aromatic amines is 1. The number of anilines is 1. The minimum atomic E-state index is -0.00632. The quantitative estimate of drug-likeness (QED) is 0.862. The van der Waals surface area contributed by atoms with Crippen molar-refractivity contribution in [2.45, 2.75) is 19.3 Å². The molecular weight excluding hydrogens is 344 g/mol. The number of carbonyl (C=O) groups excluding carboxylic acids is 3. The molecule has 4 rings (SSSR count). The van der Waals surface area contributed by atoms with Crippen LogP contribution in [-0.4, -0.2) is 58.7 Å². The van der Waals surface area contributed by atoms with Crippen LogP contribution in [-0.2, 0) is 22.4 Å². The number of benzene rings is 1. The first kappa shape index (κ1) is 17.3. The lowest BCUT2D eigenvalue weighted by atomic mass is 10.1. The van der Waals surface area contributed by atoms with Crippen LogP contribution in [0.15, 0.2) is 36.7 Å². The normalized spacial score (nSPS) is 16.7. The van der Waals surface area contributed by atoms with Crippen molar-refractivity contribution in [2.75, 3.05) is 31.5 Å². The van der Waals surface area contributed by atoms with E-state index in [1.54, 1.807) is 18.5 Å². The van der Waals surface area contributed by atoms with E-state index in [9.17, 15) is 14.4 Å². The van der Waals surface area contributed by atoms with Crippen LogP contribution in [0.3, 0.4) is 0 Å². The number of carbonyl (C=O) groups is 3. The Balaban J connectivity index is 1.36. The summed E-state index contributed by atoms with van der Waals surface area (Å²) in [5, 5.41) is 2.80. The van der Waals surface area contributed by atoms with Gasteiger partial charge in [-0.15, -0.1) is 0 Å². The van der Waals surface area contributed by atoms with Gasteiger partial charge in [0.15, 0.2) is 0 Å². The molecule has 2 N–H and O–H groups in total. The van der Waals surface area contributed by atoms with E-state index in [2.05, 4.69) is 10.3 Å². The molecule has 0 bridgehead atoms. The second-order valence-corrected chi connectivity index (χ2v) is 7.02. The molecule has 0 spiro atoms. The second kappa shape index (κ2) is 7.26. The maximum atomic E-state index is 12.7. The van der Waals surface area contributed by atoms with Crippen LogP contribution in [0.2, 0.25) is 0 Å². The third-order valence-corrected chi connectivity index (χ3v) is 5.13. The Morgan fingerprint density at radius 1 is 1.04 bits per heavy atom. The molecule has 3 amide bonds. The molecule has 0 saturated carbocycles. The average molecular weight is 366 g/mol. The van der Waals surface area contributed by atoms with Gasteiger partial charge >= 0.3 is 0 Å². The van der Waals surface area contributed by atoms with Crippen molar-refractivity contribution in [1.29, 1.82) is 0 Å². The Labute approximate surface area is 157 Å². The van der Waals surface area contributed by atoms with Gasteiger partial charge in [0, 0.05) is 44.3 Å². The molecule has 0 unspecified atom stereocenters. The molecule has 2 aliphatic heterocycles. The molecule has 3 heterocycles. The summed E-state index contributed by atoms with van der Waals surface area (Å²) in [5.41, 5.74) is 3.35. The predicted molar refractivity (Wildman–Crippen MR) is 100 cm³/mol. The van der Waals surface area contributed by atoms with E-state index in [-0.39, 0.29) is 17.7 Å². The lowest BCUT2D eigenvalue weighted by molar-refractivity contribution is -0.130. The SMILES string of the molecule is O=C1Cc2cc(CC(=O)N3CCCN(C(=O)c4cc[nH]c4)CC3)ccc2N1. The van der Waals surface area contributed by atoms with Gasteiger partial charge < -0.3 is 20.1 Å². The number of nitrogens with zero attached hydrogens (tertiary/aromatic N) is 2. The molecule has 1 fully saturated rings. The molecule has 0 aliphatic carbocycles. The summed E-state index contributed by atoms with van der Waals surface area (Å²) in [6, 6.07) is 7.46. The van der Waals surface area contributed by atoms with E-state index in [1.807, 2.05) is 28.0 Å². The van der Waals surface area contributed by atoms with Crippen LogP contribution < -0.4 is 5.32 Å². The molecule has 27 heavy (non-hydrogen) atoms. The van der Waals surface area contributed by atoms with Crippen LogP contribution in [0.4, 0.5) is 5.69 Å². The molecule has 1 saturated heterocycles. The predicted octanol–water partition coefficient (Wildman–Crippen LogP) is 1.43. The first-order valence-electron chi connectivity index (χ1n) is 9.21. The largest absolute Gasteiger partial charge is 0.367 e. The number of amides is 3. The highest BCUT2D eigenvalue weighted by Gasteiger charge is 2.24. The lowest BCUT2D eigenvalue weighted by Crippen LogP contribution is -2.37. The number of hydrogen-bond acceptors (Lipinski definition) is 3. The van der Waals surface area contributed by atoms with Crippen LogP contribution in [0, 0.1) is 0 Å². The van der Waals surface area contributed by atoms with Gasteiger partial charge in [-0.25, -0.2) is 0 Å². The lowest BCUT2D eigenvalue weighted by Gasteiger charge is -2.22. The number of aromatic nitrogens is 1. The standard InChI is InChI=1S/C20H22N4O3/c25-18-12-16-10-14(2-3-17(16)22-18)11-19(26)23-6-1-7-24(9-8-23)20(27)15-4-5-21-13-15/h2-5,10,13,21H,1,6-9,11-12H2,(H,22,25). The van der Waals surface area contributed by atoms with Crippen molar-refractivity contribution >= 4 is 23.4 Å². The fourth-order valence-corrected chi connectivity index (χ4v) is 3.69. The van der Waals surface area contributed by atoms with Crippen LogP contribution in [0.25, 0.3) is 0 Å². The van der Waals surface area contributed by atoms with E-state index in [0.717, 1.165) is 23.2 Å². The van der Waals surface area contributed by atoms with Crippen LogP contribution in [0.1, 0.15) is 27.9 Å². The van der Waals surface area contributed by atoms with Gasteiger partial charge in [0.05, 0.1) is 18.4 Å². The fraction of sp³-hybridized carbons (Fsp3) is 0.350. The molecule has 0 radical (unpaired) electrons. The Morgan fingerprint density at radius 3 is 2.67 bits per heavy atom. The second-order valence-electron chi connectivity index (χ2n) is 7.02. The minimum Gasteiger partial charge on any atom is -0.367 e. The van der Waals surface area contributed by atoms with Crippen molar-refractivity contribution in [1.82, 2.24) is 14.8 Å². The molecule has 0 atom stereocenters. The zero-order valence-corrected chi connectivity index (χ0v) is 15.0. The van der Waals surface area contributed by atoms with Gasteiger partial charge in [-0.3, -0.25) is 14.4 Å². The van der Waals surface area contributed by atoms with E-state index >= 15 is 0 Å². The van der Waals surface area contributed by atoms with Gasteiger partial charge in [0.1, 0.15) is 0 Å². The zero-order valence-electron chi connectivity index (χ0n) is 15.0. The van der Waals surface area contributed by atoms with E-state index in [0.29, 0.717) is 44.6 Å². The number of H-pyrrole nitrogens is 1. The minimum absolute atomic E-state index is 0.00124. The maximum absolute atomic E-state index is 12.7. The Kier molecular flexibility index (Phi) is 4.66. The summed E-state index contributed by atoms with van der Waals surface area (Å²) in [6.45, 7) is 2.39. The highest BCUT2D eigenvalue weighted by atomic mass is 16.2. The monoisotopic (exact) mass is 366 g/mol. The summed E-state index contributed by atoms with van der Waals surface area (Å²) >= 11 is 0. The third-order valence-electron chi connectivity index (χ3n) is 5.13. The van der Waals surface area contributed by atoms with Gasteiger partial charge in [-0.2, -0.15) is 0 Å². The highest BCUT2D eigenvalue weighted by Crippen LogP contribution is 2.24. The van der Waals surface area contributed by atoms with Crippen molar-refractivity contribution in [2.24, 2.45) is 0 Å². The Morgan fingerprint density at radius 2 is 1.85 bits per heavy atom. The highest BCUT2D eigenvalue weighted by molar-refractivity contribution is 5.99. The topological polar surface area (TPSA) is 85.5 Å². The van der Waals surface area contributed by atoms with Gasteiger partial charge in [0.2, 0.25) is 11.8 Å². The molecule has 7 heteroatoms. The van der Waals surface area contributed by atoms with E-state index in [1.165, 1.54) is 0 Å². The van der Waals surface area contributed by atoms with Gasteiger partial charge in [0.25, 0.3) is 5.91 Å². The van der Waals surface area contributed by atoms with Crippen LogP contribution in [0.5, 0.6) is 0 Å². The molecule has 7 nitrogen and oxygen atoms in total. The van der Waals surface area contributed by atoms with Crippen molar-refractivity contribution in [3.63, 3.8) is 0 Å². The van der Waals surface area contributed by atoms with Crippen molar-refractivity contribution < 1.29 is 14.4 Å². The fourth-order valence-electron chi connectivity index (χ4n) is 3.69. The smallest absolute Gasteiger partial charge is 0.255 e. The number of rotatable bonds is 3. The number of fused-ring (bicyclic) bond motifs is 1. The molecule has 1 aromatic heterocycles. The molecular formula is C20H22N4O3. The van der Waals surface area contributed by atoms with Crippen LogP contribution >= 0.6 is 0 Å². The molecule has 1 aromatic carbocycles. The average Bonchev–Trinajstić information content (AvgIpc) is 3.23. The molecule has 140 valence electrons. The summed E-state index contributed by atoms with van der Waals surface area (Å²) in [7, 11) is 0. The number of nitrogens with one attached hydrogen (secondary N) is 2. The molecule has 2 aliphatic rings. The summed E-state index contributed by atoms with van der Waals surface area (Å²) in [4.78, 5) is 43.2. The first-order valence-corrected chi connectivity index (χ1v) is 9.21. The first-order chi connectivity index (χ1) is 13.1. The van der Waals surface area contributed by atoms with Gasteiger partial charge in [-0.1, -0.05) is 12.1 Å². The summed E-state index contributed by atoms with van der Waals surface area (Å²) < 4.78 is 0. The van der Waals surface area contributed by atoms with Gasteiger partial charge in [-0.05, 0) is 29.7 Å².